The van der Waals surface area contributed by atoms with Gasteiger partial charge < -0.3 is 21.1 Å². The van der Waals surface area contributed by atoms with E-state index in [9.17, 15) is 22.8 Å². The van der Waals surface area contributed by atoms with Crippen molar-refractivity contribution in [3.63, 3.8) is 0 Å². The second kappa shape index (κ2) is 9.47. The Morgan fingerprint density at radius 2 is 1.69 bits per heavy atom. The summed E-state index contributed by atoms with van der Waals surface area (Å²) in [6.07, 6.45) is -3.51. The van der Waals surface area contributed by atoms with Crippen LogP contribution in [0, 0.1) is 0 Å². The van der Waals surface area contributed by atoms with Gasteiger partial charge in [-0.15, -0.1) is 0 Å². The number of rotatable bonds is 6. The summed E-state index contributed by atoms with van der Waals surface area (Å²) in [7, 11) is 0. The Balaban J connectivity index is 1.57. The highest BCUT2D eigenvalue weighted by molar-refractivity contribution is 6.31. The van der Waals surface area contributed by atoms with Crippen LogP contribution in [-0.2, 0) is 12.8 Å². The van der Waals surface area contributed by atoms with E-state index in [1.165, 1.54) is 30.3 Å². The maximum atomic E-state index is 12.9. The molecule has 0 aliphatic rings. The molecular formula is C19H14ClF3N6O3. The third kappa shape index (κ3) is 6.04. The second-order valence-electron chi connectivity index (χ2n) is 6.17. The van der Waals surface area contributed by atoms with Crippen molar-refractivity contribution in [1.29, 1.82) is 0 Å². The first-order valence-corrected chi connectivity index (χ1v) is 9.15. The van der Waals surface area contributed by atoms with Crippen molar-refractivity contribution in [1.82, 2.24) is 15.0 Å². The Bertz CT molecular complexity index is 1140. The topological polar surface area (TPSA) is 132 Å². The first-order chi connectivity index (χ1) is 15.1. The van der Waals surface area contributed by atoms with E-state index in [4.69, 9.17) is 22.1 Å². The third-order valence-corrected chi connectivity index (χ3v) is 4.18. The van der Waals surface area contributed by atoms with Crippen LogP contribution in [0.1, 0.15) is 22.0 Å². The summed E-state index contributed by atoms with van der Waals surface area (Å²) in [5, 5.41) is 4.32. The molecule has 0 fully saturated rings. The van der Waals surface area contributed by atoms with Crippen molar-refractivity contribution >= 4 is 34.9 Å². The predicted octanol–water partition coefficient (Wildman–Crippen LogP) is 3.87. The number of anilines is 2. The molecule has 0 bridgehead atoms. The van der Waals surface area contributed by atoms with Gasteiger partial charge in [0.2, 0.25) is 5.82 Å². The van der Waals surface area contributed by atoms with Gasteiger partial charge >= 0.3 is 12.2 Å². The number of nitrogens with one attached hydrogen (secondary N) is 2. The van der Waals surface area contributed by atoms with Crippen molar-refractivity contribution in [2.45, 2.75) is 12.8 Å². The highest BCUT2D eigenvalue weighted by Crippen LogP contribution is 2.36. The van der Waals surface area contributed by atoms with E-state index < -0.39 is 28.7 Å². The molecule has 13 heteroatoms. The number of carbonyl (C=O) groups excluding carboxylic acids is 2. The molecule has 166 valence electrons. The molecule has 0 aliphatic carbocycles. The number of nitrogens with two attached hydrogens (primary N) is 1. The van der Waals surface area contributed by atoms with Crippen LogP contribution in [0.5, 0.6) is 5.75 Å². The van der Waals surface area contributed by atoms with Gasteiger partial charge in [0.1, 0.15) is 18.7 Å². The zero-order chi connectivity index (χ0) is 23.3. The largest absolute Gasteiger partial charge is 0.486 e. The highest BCUT2D eigenvalue weighted by Gasteiger charge is 2.33. The summed E-state index contributed by atoms with van der Waals surface area (Å²) in [4.78, 5) is 34.5. The Morgan fingerprint density at radius 1 is 1.03 bits per heavy atom. The van der Waals surface area contributed by atoms with Crippen LogP contribution in [-0.4, -0.2) is 26.9 Å². The van der Waals surface area contributed by atoms with Gasteiger partial charge in [0, 0.05) is 11.4 Å². The second-order valence-corrected chi connectivity index (χ2v) is 6.58. The van der Waals surface area contributed by atoms with E-state index in [2.05, 4.69) is 25.6 Å². The Kier molecular flexibility index (Phi) is 6.73. The first-order valence-electron chi connectivity index (χ1n) is 8.77. The van der Waals surface area contributed by atoms with Gasteiger partial charge in [-0.25, -0.2) is 19.7 Å². The van der Waals surface area contributed by atoms with Gasteiger partial charge in [0.15, 0.2) is 5.82 Å². The van der Waals surface area contributed by atoms with Crippen LogP contribution in [0.15, 0.2) is 48.8 Å². The fourth-order valence-electron chi connectivity index (χ4n) is 2.41. The van der Waals surface area contributed by atoms with Gasteiger partial charge in [0.05, 0.1) is 10.6 Å². The molecule has 0 atom stereocenters. The van der Waals surface area contributed by atoms with Crippen molar-refractivity contribution < 1.29 is 27.5 Å². The number of primary amides is 1. The number of alkyl halides is 3. The van der Waals surface area contributed by atoms with Crippen LogP contribution in [0.4, 0.5) is 29.3 Å². The summed E-state index contributed by atoms with van der Waals surface area (Å²) < 4.78 is 44.2. The maximum absolute atomic E-state index is 12.9. The Morgan fingerprint density at radius 3 is 2.34 bits per heavy atom. The minimum atomic E-state index is -4.65. The van der Waals surface area contributed by atoms with Crippen LogP contribution in [0.25, 0.3) is 0 Å². The predicted molar refractivity (Wildman–Crippen MR) is 108 cm³/mol. The summed E-state index contributed by atoms with van der Waals surface area (Å²) in [6, 6.07) is 8.39. The van der Waals surface area contributed by atoms with Crippen LogP contribution < -0.4 is 21.1 Å². The lowest BCUT2D eigenvalue weighted by Gasteiger charge is -2.12. The van der Waals surface area contributed by atoms with E-state index in [1.54, 1.807) is 0 Å². The molecule has 0 radical (unpaired) electrons. The molecule has 1 aromatic heterocycles. The number of benzene rings is 2. The molecule has 32 heavy (non-hydrogen) atoms. The molecule has 3 aromatic rings. The lowest BCUT2D eigenvalue weighted by Crippen LogP contribution is -2.20. The average Bonchev–Trinajstić information content (AvgIpc) is 2.74. The Hall–Kier alpha value is -3.93. The normalized spacial score (nSPS) is 11.0. The molecule has 3 rings (SSSR count). The minimum absolute atomic E-state index is 0.0613. The number of urea groups is 1. The smallest absolute Gasteiger partial charge is 0.417 e. The maximum Gasteiger partial charge on any atom is 0.417 e. The number of halogens is 4. The van der Waals surface area contributed by atoms with Crippen LogP contribution in [0.2, 0.25) is 5.02 Å². The molecule has 3 amide bonds. The molecular weight excluding hydrogens is 453 g/mol. The van der Waals surface area contributed by atoms with E-state index in [-0.39, 0.29) is 23.9 Å². The van der Waals surface area contributed by atoms with Crippen molar-refractivity contribution in [2.24, 2.45) is 5.73 Å². The molecule has 0 saturated heterocycles. The first kappa shape index (κ1) is 22.7. The number of amides is 3. The lowest BCUT2D eigenvalue weighted by atomic mass is 10.2. The van der Waals surface area contributed by atoms with Gasteiger partial charge in [-0.05, 0) is 42.5 Å². The minimum Gasteiger partial charge on any atom is -0.486 e. The zero-order valence-electron chi connectivity index (χ0n) is 16.0. The van der Waals surface area contributed by atoms with E-state index in [0.29, 0.717) is 11.4 Å². The molecule has 4 N–H and O–H groups in total. The monoisotopic (exact) mass is 466 g/mol. The van der Waals surface area contributed by atoms with Crippen LogP contribution in [0.3, 0.4) is 0 Å². The van der Waals surface area contributed by atoms with Gasteiger partial charge in [0.25, 0.3) is 5.91 Å². The molecule has 0 saturated carbocycles. The molecule has 9 nitrogen and oxygen atoms in total. The quantitative estimate of drug-likeness (QED) is 0.505. The van der Waals surface area contributed by atoms with Gasteiger partial charge in [-0.2, -0.15) is 13.2 Å². The SMILES string of the molecule is NC(=O)c1ncnc(COc2ccc(NC(=O)Nc3ccc(Cl)c(C(F)(F)F)c3)cc2)n1. The summed E-state index contributed by atoms with van der Waals surface area (Å²) in [5.74, 6) is -0.385. The van der Waals surface area contributed by atoms with Crippen LogP contribution >= 0.6 is 11.6 Å². The number of nitrogens with zero attached hydrogens (tertiary/aromatic N) is 3. The molecule has 1 heterocycles. The zero-order valence-corrected chi connectivity index (χ0v) is 16.7. The molecule has 0 spiro atoms. The summed E-state index contributed by atoms with van der Waals surface area (Å²) >= 11 is 5.56. The van der Waals surface area contributed by atoms with Gasteiger partial charge in [-0.1, -0.05) is 11.6 Å². The highest BCUT2D eigenvalue weighted by atomic mass is 35.5. The van der Waals surface area contributed by atoms with Crippen molar-refractivity contribution in [3.05, 3.63) is 71.0 Å². The molecule has 0 unspecified atom stereocenters. The molecule has 0 aliphatic heterocycles. The lowest BCUT2D eigenvalue weighted by molar-refractivity contribution is -0.137. The van der Waals surface area contributed by atoms with E-state index in [0.717, 1.165) is 18.5 Å². The number of carbonyl (C=O) groups is 2. The van der Waals surface area contributed by atoms with Gasteiger partial charge in [-0.3, -0.25) is 4.79 Å². The standard InChI is InChI=1S/C19H14ClF3N6O3/c20-14-6-3-11(7-13(14)19(21,22)23)28-18(31)27-10-1-4-12(5-2-10)32-8-15-25-9-26-17(29-15)16(24)30/h1-7,9H,8H2,(H2,24,30)(H2,27,28,31). The summed E-state index contributed by atoms with van der Waals surface area (Å²) in [5.41, 5.74) is 4.32. The van der Waals surface area contributed by atoms with E-state index in [1.807, 2.05) is 0 Å². The van der Waals surface area contributed by atoms with Crippen molar-refractivity contribution in [3.8, 4) is 5.75 Å². The third-order valence-electron chi connectivity index (χ3n) is 3.85. The number of hydrogen-bond donors (Lipinski definition) is 3. The fourth-order valence-corrected chi connectivity index (χ4v) is 2.64. The van der Waals surface area contributed by atoms with E-state index >= 15 is 0 Å². The Labute approximate surface area is 183 Å². The fraction of sp³-hybridized carbons (Fsp3) is 0.105. The van der Waals surface area contributed by atoms with Crippen molar-refractivity contribution in [2.75, 3.05) is 10.6 Å². The molecule has 2 aromatic carbocycles. The number of hydrogen-bond acceptors (Lipinski definition) is 6. The number of aromatic nitrogens is 3. The average molecular weight is 467 g/mol. The number of ether oxygens (including phenoxy) is 1. The summed E-state index contributed by atoms with van der Waals surface area (Å²) in [6.45, 7) is -0.0613.